The lowest BCUT2D eigenvalue weighted by atomic mass is 10.1. The van der Waals surface area contributed by atoms with Gasteiger partial charge in [-0.1, -0.05) is 44.9 Å². The molecule has 2 aromatic carbocycles. The van der Waals surface area contributed by atoms with E-state index in [0.717, 1.165) is 42.7 Å². The van der Waals surface area contributed by atoms with Gasteiger partial charge in [0.1, 0.15) is 17.2 Å². The second-order valence-corrected chi connectivity index (χ2v) is 7.26. The molecule has 1 amide bonds. The first-order valence-corrected chi connectivity index (χ1v) is 10.7. The molecule has 0 aromatic heterocycles. The molecule has 3 rings (SSSR count). The van der Waals surface area contributed by atoms with Crippen LogP contribution in [0.5, 0.6) is 17.2 Å². The maximum atomic E-state index is 12.4. The van der Waals surface area contributed by atoms with Crippen molar-refractivity contribution in [1.29, 1.82) is 0 Å². The molecule has 30 heavy (non-hydrogen) atoms. The third-order valence-corrected chi connectivity index (χ3v) is 4.76. The molecule has 6 nitrogen and oxygen atoms in total. The van der Waals surface area contributed by atoms with Gasteiger partial charge in [-0.25, -0.2) is 4.79 Å². The number of benzene rings is 2. The van der Waals surface area contributed by atoms with E-state index in [4.69, 9.17) is 14.2 Å². The summed E-state index contributed by atoms with van der Waals surface area (Å²) in [5.74, 6) is 2.05. The molecule has 0 radical (unpaired) electrons. The lowest BCUT2D eigenvalue weighted by molar-refractivity contribution is 0.178. The molecular weight excluding hydrogens is 380 g/mol. The molecule has 1 heterocycles. The topological polar surface area (TPSA) is 60.4 Å². The number of amides is 1. The molecule has 0 saturated heterocycles. The summed E-state index contributed by atoms with van der Waals surface area (Å²) >= 11 is 0. The predicted octanol–water partition coefficient (Wildman–Crippen LogP) is 5.63. The van der Waals surface area contributed by atoms with Crippen LogP contribution >= 0.6 is 0 Å². The van der Waals surface area contributed by atoms with Gasteiger partial charge >= 0.3 is 6.09 Å². The summed E-state index contributed by atoms with van der Waals surface area (Å²) in [4.78, 5) is 18.4. The van der Waals surface area contributed by atoms with Crippen LogP contribution < -0.4 is 14.2 Å². The Morgan fingerprint density at radius 2 is 1.60 bits per heavy atom. The van der Waals surface area contributed by atoms with Gasteiger partial charge in [-0.15, -0.1) is 0 Å². The first-order chi connectivity index (χ1) is 14.7. The molecule has 0 aliphatic carbocycles. The predicted molar refractivity (Wildman–Crippen MR) is 118 cm³/mol. The van der Waals surface area contributed by atoms with Gasteiger partial charge in [0, 0.05) is 6.07 Å². The van der Waals surface area contributed by atoms with Crippen LogP contribution in [0, 0.1) is 0 Å². The van der Waals surface area contributed by atoms with Gasteiger partial charge in [0.15, 0.2) is 0 Å². The number of rotatable bonds is 10. The van der Waals surface area contributed by atoms with Gasteiger partial charge in [-0.2, -0.15) is 0 Å². The zero-order valence-corrected chi connectivity index (χ0v) is 17.8. The van der Waals surface area contributed by atoms with E-state index in [0.29, 0.717) is 25.5 Å². The molecule has 0 bridgehead atoms. The van der Waals surface area contributed by atoms with Gasteiger partial charge in [0.05, 0.1) is 32.1 Å². The van der Waals surface area contributed by atoms with E-state index in [2.05, 4.69) is 18.8 Å². The number of carbonyl (C=O) groups is 1. The number of hydrogen-bond donors (Lipinski definition) is 0. The van der Waals surface area contributed by atoms with Crippen LogP contribution in [0.2, 0.25) is 0 Å². The quantitative estimate of drug-likeness (QED) is 0.476. The molecule has 160 valence electrons. The molecule has 1 unspecified atom stereocenters. The molecule has 1 atom stereocenters. The molecule has 1 aliphatic rings. The molecular formula is C24H30N2O4. The van der Waals surface area contributed by atoms with E-state index in [1.807, 2.05) is 36.4 Å². The second kappa shape index (κ2) is 11.2. The van der Waals surface area contributed by atoms with Gasteiger partial charge in [-0.05, 0) is 42.7 Å². The van der Waals surface area contributed by atoms with Gasteiger partial charge in [-0.3, -0.25) is 9.89 Å². The maximum Gasteiger partial charge on any atom is 0.420 e. The summed E-state index contributed by atoms with van der Waals surface area (Å²) in [6.45, 7) is 6.01. The number of unbranched alkanes of at least 4 members (excludes halogenated alkanes) is 2. The van der Waals surface area contributed by atoms with Crippen molar-refractivity contribution in [2.24, 2.45) is 4.99 Å². The summed E-state index contributed by atoms with van der Waals surface area (Å²) in [5, 5.41) is 0. The number of aliphatic imine (C=N–C) groups is 1. The fourth-order valence-corrected chi connectivity index (χ4v) is 3.02. The first-order valence-electron chi connectivity index (χ1n) is 10.7. The lowest BCUT2D eigenvalue weighted by Crippen LogP contribution is -2.31. The average molecular weight is 411 g/mol. The highest BCUT2D eigenvalue weighted by Crippen LogP contribution is 2.31. The fourth-order valence-electron chi connectivity index (χ4n) is 3.02. The Kier molecular flexibility index (Phi) is 8.12. The molecule has 0 fully saturated rings. The first kappa shape index (κ1) is 21.7. The van der Waals surface area contributed by atoms with Crippen molar-refractivity contribution < 1.29 is 19.0 Å². The zero-order chi connectivity index (χ0) is 21.2. The van der Waals surface area contributed by atoms with Crippen molar-refractivity contribution in [3.8, 4) is 17.2 Å². The molecule has 1 aliphatic heterocycles. The van der Waals surface area contributed by atoms with Crippen LogP contribution in [0.25, 0.3) is 0 Å². The third kappa shape index (κ3) is 6.24. The van der Waals surface area contributed by atoms with Crippen LogP contribution in [0.3, 0.4) is 0 Å². The standard InChI is InChI=1S/C24H30N2O4/c1-3-5-12-28-21-14-19(15-22(16-21)29-13-6-4-2)23-17-26(18-25-23)24(27)30-20-10-8-7-9-11-20/h7-11,14-16,18,23H,3-6,12-13,17H2,1-2H3. The van der Waals surface area contributed by atoms with Crippen molar-refractivity contribution in [3.05, 3.63) is 54.1 Å². The van der Waals surface area contributed by atoms with Crippen LogP contribution in [0.15, 0.2) is 53.5 Å². The van der Waals surface area contributed by atoms with Gasteiger partial charge < -0.3 is 14.2 Å². The average Bonchev–Trinajstić information content (AvgIpc) is 3.25. The summed E-state index contributed by atoms with van der Waals surface area (Å²) < 4.78 is 17.2. The van der Waals surface area contributed by atoms with Crippen molar-refractivity contribution in [2.45, 2.75) is 45.6 Å². The lowest BCUT2D eigenvalue weighted by Gasteiger charge is -2.17. The summed E-state index contributed by atoms with van der Waals surface area (Å²) in [6, 6.07) is 14.7. The Labute approximate surface area is 178 Å². The highest BCUT2D eigenvalue weighted by molar-refractivity contribution is 5.85. The highest BCUT2D eigenvalue weighted by atomic mass is 16.6. The van der Waals surface area contributed by atoms with E-state index in [1.165, 1.54) is 11.2 Å². The smallest absolute Gasteiger partial charge is 0.420 e. The number of ether oxygens (including phenoxy) is 3. The van der Waals surface area contributed by atoms with Crippen molar-refractivity contribution in [2.75, 3.05) is 19.8 Å². The number of nitrogens with zero attached hydrogens (tertiary/aromatic N) is 2. The van der Waals surface area contributed by atoms with E-state index < -0.39 is 6.09 Å². The van der Waals surface area contributed by atoms with Crippen LogP contribution in [0.1, 0.15) is 51.1 Å². The third-order valence-electron chi connectivity index (χ3n) is 4.76. The summed E-state index contributed by atoms with van der Waals surface area (Å²) in [6.07, 6.45) is 5.24. The van der Waals surface area contributed by atoms with Crippen molar-refractivity contribution in [1.82, 2.24) is 4.90 Å². The summed E-state index contributed by atoms with van der Waals surface area (Å²) in [5.41, 5.74) is 0.960. The second-order valence-electron chi connectivity index (χ2n) is 7.26. The fraction of sp³-hybridized carbons (Fsp3) is 0.417. The number of hydrogen-bond acceptors (Lipinski definition) is 5. The van der Waals surface area contributed by atoms with Gasteiger partial charge in [0.25, 0.3) is 0 Å². The number of carbonyl (C=O) groups excluding carboxylic acids is 1. The monoisotopic (exact) mass is 410 g/mol. The minimum atomic E-state index is -0.442. The summed E-state index contributed by atoms with van der Waals surface area (Å²) in [7, 11) is 0. The van der Waals surface area contributed by atoms with E-state index in [1.54, 1.807) is 12.1 Å². The molecule has 0 saturated carbocycles. The molecule has 0 spiro atoms. The minimum absolute atomic E-state index is 0.184. The van der Waals surface area contributed by atoms with E-state index in [9.17, 15) is 4.79 Å². The largest absolute Gasteiger partial charge is 0.493 e. The van der Waals surface area contributed by atoms with E-state index >= 15 is 0 Å². The molecule has 0 N–H and O–H groups in total. The Balaban J connectivity index is 1.67. The van der Waals surface area contributed by atoms with Crippen LogP contribution in [0.4, 0.5) is 4.79 Å². The highest BCUT2D eigenvalue weighted by Gasteiger charge is 2.26. The minimum Gasteiger partial charge on any atom is -0.493 e. The number of para-hydroxylation sites is 1. The van der Waals surface area contributed by atoms with Crippen LogP contribution in [-0.4, -0.2) is 37.1 Å². The van der Waals surface area contributed by atoms with Crippen molar-refractivity contribution in [3.63, 3.8) is 0 Å². The SMILES string of the molecule is CCCCOc1cc(OCCCC)cc(C2CN(C(=O)Oc3ccccc3)C=N2)c1. The Bertz CT molecular complexity index is 810. The normalized spacial score (nSPS) is 15.3. The zero-order valence-electron chi connectivity index (χ0n) is 17.8. The maximum absolute atomic E-state index is 12.4. The Morgan fingerprint density at radius 3 is 2.20 bits per heavy atom. The van der Waals surface area contributed by atoms with Gasteiger partial charge in [0.2, 0.25) is 0 Å². The van der Waals surface area contributed by atoms with Crippen LogP contribution in [-0.2, 0) is 0 Å². The Morgan fingerprint density at radius 1 is 0.967 bits per heavy atom. The van der Waals surface area contributed by atoms with E-state index in [-0.39, 0.29) is 6.04 Å². The molecule has 6 heteroatoms. The van der Waals surface area contributed by atoms with Crippen molar-refractivity contribution >= 4 is 12.4 Å². The Hall–Kier alpha value is -3.02. The molecule has 2 aromatic rings.